The lowest BCUT2D eigenvalue weighted by molar-refractivity contribution is 0.506. The molecule has 9 aromatic rings. The van der Waals surface area contributed by atoms with Crippen LogP contribution in [0.25, 0.3) is 66.2 Å². The van der Waals surface area contributed by atoms with Crippen molar-refractivity contribution in [3.63, 3.8) is 0 Å². The normalized spacial score (nSPS) is 12.4. The largest absolute Gasteiger partial charge is 0.309 e. The van der Waals surface area contributed by atoms with E-state index in [0.29, 0.717) is 0 Å². The first-order valence-corrected chi connectivity index (χ1v) is 18.4. The SMILES string of the molecule is CC(C)(C)c1cc(-n2c3ccccc3c3ccccc32)cc(-n2c3ccccc3c3cc(CC(C)(C)c4cccc(-c5ccccc5)n4)ccc32)c1. The number of nitrogens with zero attached hydrogens (tertiary/aromatic N) is 3. The fourth-order valence-electron chi connectivity index (χ4n) is 8.08. The van der Waals surface area contributed by atoms with Gasteiger partial charge in [0.05, 0.1) is 27.8 Å². The van der Waals surface area contributed by atoms with Crippen molar-refractivity contribution in [2.75, 3.05) is 0 Å². The van der Waals surface area contributed by atoms with Gasteiger partial charge in [-0.3, -0.25) is 4.98 Å². The lowest BCUT2D eigenvalue weighted by Crippen LogP contribution is -2.22. The Labute approximate surface area is 305 Å². The van der Waals surface area contributed by atoms with Crippen molar-refractivity contribution in [2.24, 2.45) is 0 Å². The molecule has 0 radical (unpaired) electrons. The third-order valence-corrected chi connectivity index (χ3v) is 10.8. The van der Waals surface area contributed by atoms with Crippen LogP contribution in [0.3, 0.4) is 0 Å². The van der Waals surface area contributed by atoms with E-state index in [1.165, 1.54) is 66.1 Å². The molecule has 0 atom stereocenters. The number of aromatic nitrogens is 3. The zero-order valence-corrected chi connectivity index (χ0v) is 30.6. The van der Waals surface area contributed by atoms with E-state index < -0.39 is 0 Å². The molecule has 0 N–H and O–H groups in total. The fraction of sp³-hybridized carbons (Fsp3) is 0.163. The summed E-state index contributed by atoms with van der Waals surface area (Å²) in [5.41, 5.74) is 12.9. The van der Waals surface area contributed by atoms with Crippen LogP contribution in [0.1, 0.15) is 51.4 Å². The summed E-state index contributed by atoms with van der Waals surface area (Å²) in [5, 5.41) is 5.08. The molecule has 0 aliphatic rings. The molecular formula is C49H43N3. The van der Waals surface area contributed by atoms with Gasteiger partial charge in [0.25, 0.3) is 0 Å². The maximum atomic E-state index is 5.16. The second-order valence-corrected chi connectivity index (χ2v) is 15.9. The van der Waals surface area contributed by atoms with Crippen LogP contribution < -0.4 is 0 Å². The Morgan fingerprint density at radius 1 is 0.462 bits per heavy atom. The first-order chi connectivity index (χ1) is 25.2. The molecule has 0 unspecified atom stereocenters. The van der Waals surface area contributed by atoms with Crippen molar-refractivity contribution in [1.82, 2.24) is 14.1 Å². The minimum Gasteiger partial charge on any atom is -0.309 e. The van der Waals surface area contributed by atoms with Crippen LogP contribution in [0, 0.1) is 0 Å². The molecular weight excluding hydrogens is 631 g/mol. The molecule has 3 heterocycles. The van der Waals surface area contributed by atoms with Gasteiger partial charge >= 0.3 is 0 Å². The number of hydrogen-bond donors (Lipinski definition) is 0. The molecule has 52 heavy (non-hydrogen) atoms. The zero-order chi connectivity index (χ0) is 35.6. The van der Waals surface area contributed by atoms with E-state index in [9.17, 15) is 0 Å². The highest BCUT2D eigenvalue weighted by Crippen LogP contribution is 2.39. The Hall–Kier alpha value is -5.93. The van der Waals surface area contributed by atoms with Gasteiger partial charge in [0.2, 0.25) is 0 Å². The number of pyridine rings is 1. The van der Waals surface area contributed by atoms with E-state index in [1.807, 2.05) is 0 Å². The molecule has 0 saturated heterocycles. The van der Waals surface area contributed by atoms with Crippen molar-refractivity contribution in [2.45, 2.75) is 51.9 Å². The molecule has 0 saturated carbocycles. The van der Waals surface area contributed by atoms with Crippen LogP contribution >= 0.6 is 0 Å². The minimum atomic E-state index is -0.158. The van der Waals surface area contributed by atoms with Crippen LogP contribution in [0.5, 0.6) is 0 Å². The highest BCUT2D eigenvalue weighted by Gasteiger charge is 2.25. The molecule has 3 nitrogen and oxygen atoms in total. The van der Waals surface area contributed by atoms with Crippen molar-refractivity contribution >= 4 is 43.6 Å². The lowest BCUT2D eigenvalue weighted by Gasteiger charge is -2.25. The Balaban J connectivity index is 1.19. The van der Waals surface area contributed by atoms with E-state index in [2.05, 4.69) is 201 Å². The monoisotopic (exact) mass is 673 g/mol. The number of hydrogen-bond acceptors (Lipinski definition) is 1. The highest BCUT2D eigenvalue weighted by molar-refractivity contribution is 6.10. The first kappa shape index (κ1) is 32.0. The van der Waals surface area contributed by atoms with Gasteiger partial charge in [-0.2, -0.15) is 0 Å². The second-order valence-electron chi connectivity index (χ2n) is 15.9. The molecule has 0 fully saturated rings. The first-order valence-electron chi connectivity index (χ1n) is 18.4. The number of benzene rings is 6. The maximum Gasteiger partial charge on any atom is 0.0705 e. The third kappa shape index (κ3) is 5.40. The number of para-hydroxylation sites is 3. The molecule has 3 aromatic heterocycles. The third-order valence-electron chi connectivity index (χ3n) is 10.8. The molecule has 0 aliphatic heterocycles. The van der Waals surface area contributed by atoms with Gasteiger partial charge < -0.3 is 9.13 Å². The lowest BCUT2D eigenvalue weighted by atomic mass is 9.82. The van der Waals surface area contributed by atoms with Crippen molar-refractivity contribution in [3.05, 3.63) is 175 Å². The highest BCUT2D eigenvalue weighted by atomic mass is 15.0. The van der Waals surface area contributed by atoms with E-state index in [4.69, 9.17) is 4.98 Å². The molecule has 0 aliphatic carbocycles. The van der Waals surface area contributed by atoms with Crippen molar-refractivity contribution in [1.29, 1.82) is 0 Å². The average molecular weight is 674 g/mol. The molecule has 6 aromatic carbocycles. The maximum absolute atomic E-state index is 5.16. The molecule has 3 heteroatoms. The Morgan fingerprint density at radius 2 is 0.981 bits per heavy atom. The number of fused-ring (bicyclic) bond motifs is 6. The molecule has 0 bridgehead atoms. The Bertz CT molecular complexity index is 2720. The summed E-state index contributed by atoms with van der Waals surface area (Å²) < 4.78 is 4.91. The van der Waals surface area contributed by atoms with Crippen LogP contribution in [0.4, 0.5) is 0 Å². The van der Waals surface area contributed by atoms with Crippen LogP contribution in [0.2, 0.25) is 0 Å². The van der Waals surface area contributed by atoms with Crippen LogP contribution in [-0.2, 0) is 17.3 Å². The summed E-state index contributed by atoms with van der Waals surface area (Å²) in [7, 11) is 0. The van der Waals surface area contributed by atoms with Crippen molar-refractivity contribution in [3.8, 4) is 22.6 Å². The Morgan fingerprint density at radius 3 is 1.56 bits per heavy atom. The van der Waals surface area contributed by atoms with Gasteiger partial charge in [-0.1, -0.05) is 132 Å². The Kier molecular flexibility index (Phi) is 7.45. The van der Waals surface area contributed by atoms with Gasteiger partial charge in [-0.15, -0.1) is 0 Å². The molecule has 9 rings (SSSR count). The van der Waals surface area contributed by atoms with E-state index >= 15 is 0 Å². The summed E-state index contributed by atoms with van der Waals surface area (Å²) in [6, 6.07) is 57.5. The van der Waals surface area contributed by atoms with Gasteiger partial charge in [0, 0.05) is 49.6 Å². The van der Waals surface area contributed by atoms with E-state index in [1.54, 1.807) is 0 Å². The predicted molar refractivity (Wildman–Crippen MR) is 220 cm³/mol. The van der Waals surface area contributed by atoms with E-state index in [-0.39, 0.29) is 10.8 Å². The van der Waals surface area contributed by atoms with Crippen LogP contribution in [-0.4, -0.2) is 14.1 Å². The number of rotatable bonds is 6. The smallest absolute Gasteiger partial charge is 0.0705 e. The fourth-order valence-corrected chi connectivity index (χ4v) is 8.08. The minimum absolute atomic E-state index is 0.0487. The summed E-state index contributed by atoms with van der Waals surface area (Å²) in [6.07, 6.45) is 0.880. The summed E-state index contributed by atoms with van der Waals surface area (Å²) in [6.45, 7) is 11.6. The summed E-state index contributed by atoms with van der Waals surface area (Å²) >= 11 is 0. The van der Waals surface area contributed by atoms with Gasteiger partial charge in [0.15, 0.2) is 0 Å². The van der Waals surface area contributed by atoms with Gasteiger partial charge in [-0.25, -0.2) is 0 Å². The predicted octanol–water partition coefficient (Wildman–Crippen LogP) is 12.8. The summed E-state index contributed by atoms with van der Waals surface area (Å²) in [5.74, 6) is 0. The molecule has 0 spiro atoms. The topological polar surface area (TPSA) is 22.8 Å². The zero-order valence-electron chi connectivity index (χ0n) is 30.6. The molecule has 254 valence electrons. The van der Waals surface area contributed by atoms with Crippen LogP contribution in [0.15, 0.2) is 158 Å². The van der Waals surface area contributed by atoms with Gasteiger partial charge in [-0.05, 0) is 83.6 Å². The summed E-state index contributed by atoms with van der Waals surface area (Å²) in [4.78, 5) is 5.16. The quantitative estimate of drug-likeness (QED) is 0.172. The van der Waals surface area contributed by atoms with Gasteiger partial charge in [0.1, 0.15) is 0 Å². The molecule has 0 amide bonds. The van der Waals surface area contributed by atoms with E-state index in [0.717, 1.165) is 23.4 Å². The average Bonchev–Trinajstić information content (AvgIpc) is 3.67. The standard InChI is InChI=1S/C49H43N3/c1-48(2,3)35-29-36(51-43-22-12-9-18-38(43)39-19-10-13-23-44(39)51)31-37(30-35)52-45-24-14-11-20-40(45)41-28-33(26-27-46(41)52)32-49(4,5)47-25-15-21-42(50-47)34-16-7-6-8-17-34/h6-31H,32H2,1-5H3. The second kappa shape index (κ2) is 12.1. The van der Waals surface area contributed by atoms with Crippen molar-refractivity contribution < 1.29 is 0 Å².